The summed E-state index contributed by atoms with van der Waals surface area (Å²) in [5, 5.41) is 0. The Bertz CT molecular complexity index is 1600. The number of aliphatic imine (C=N–C) groups is 2. The smallest absolute Gasteiger partial charge is 0.0665 e. The molecule has 2 aromatic carbocycles. The monoisotopic (exact) mass is 1060 g/mol. The summed E-state index contributed by atoms with van der Waals surface area (Å²) in [4.78, 5) is 11.1. The Balaban J connectivity index is 0.0000274. The van der Waals surface area contributed by atoms with Crippen LogP contribution >= 0.6 is 0 Å². The van der Waals surface area contributed by atoms with Crippen LogP contribution in [0, 0.1) is 0 Å². The zero-order chi connectivity index (χ0) is 52.0. The Kier molecular flexibility index (Phi) is 52.3. The predicted octanol–water partition coefficient (Wildman–Crippen LogP) is 25.1. The van der Waals surface area contributed by atoms with Crippen LogP contribution in [0.1, 0.15) is 341 Å². The van der Waals surface area contributed by atoms with Gasteiger partial charge in [0.15, 0.2) is 0 Å². The second kappa shape index (κ2) is 55.5. The van der Waals surface area contributed by atoms with Gasteiger partial charge >= 0.3 is 0 Å². The summed E-state index contributed by atoms with van der Waals surface area (Å²) >= 11 is 0. The molecule has 2 rings (SSSR count). The summed E-state index contributed by atoms with van der Waals surface area (Å²) in [6, 6.07) is 17.9. The summed E-state index contributed by atoms with van der Waals surface area (Å²) in [6.07, 6.45) is 75.8. The van der Waals surface area contributed by atoms with Crippen LogP contribution in [0.3, 0.4) is 0 Å². The minimum atomic E-state index is 0. The molecule has 0 atom stereocenters. The molecule has 0 aromatic heterocycles. The van der Waals surface area contributed by atoms with E-state index in [4.69, 9.17) is 9.98 Å². The van der Waals surface area contributed by atoms with Crippen LogP contribution < -0.4 is 0 Å². The van der Waals surface area contributed by atoms with Crippen LogP contribution in [0.25, 0.3) is 0 Å². The number of unbranched alkanes of at least 4 members (excludes halogenated alkanes) is 39. The first-order valence-corrected chi connectivity index (χ1v) is 32.8. The molecule has 0 spiro atoms. The third-order valence-corrected chi connectivity index (χ3v) is 15.5. The van der Waals surface area contributed by atoms with Gasteiger partial charge in [-0.15, -0.1) is 0 Å². The molecule has 0 unspecified atom stereocenters. The topological polar surface area (TPSA) is 24.7 Å². The van der Waals surface area contributed by atoms with Crippen molar-refractivity contribution in [3.63, 3.8) is 0 Å². The summed E-state index contributed by atoms with van der Waals surface area (Å²) in [6.45, 7) is 9.23. The third kappa shape index (κ3) is 41.9. The van der Waals surface area contributed by atoms with Gasteiger partial charge in [-0.25, -0.2) is 0 Å². The van der Waals surface area contributed by atoms with Gasteiger partial charge in [0.1, 0.15) is 0 Å². The van der Waals surface area contributed by atoms with E-state index in [1.807, 2.05) is 0 Å². The molecule has 74 heavy (non-hydrogen) atoms. The average molecular weight is 1060 g/mol. The first kappa shape index (κ1) is 69.8. The molecule has 2 aromatic rings. The molecule has 0 heterocycles. The van der Waals surface area contributed by atoms with E-state index in [2.05, 4.69) is 101 Å². The maximum atomic E-state index is 5.54. The molecule has 3 heteroatoms. The molecule has 426 valence electrons. The maximum absolute atomic E-state index is 5.54. The Hall–Kier alpha value is -2.25. The van der Waals surface area contributed by atoms with Crippen LogP contribution in [0.4, 0.5) is 11.4 Å². The summed E-state index contributed by atoms with van der Waals surface area (Å²) in [5.74, 6) is 0. The van der Waals surface area contributed by atoms with Gasteiger partial charge < -0.3 is 0 Å². The second-order valence-electron chi connectivity index (χ2n) is 22.6. The van der Waals surface area contributed by atoms with Gasteiger partial charge in [0.05, 0.1) is 22.8 Å². The first-order chi connectivity index (χ1) is 36.2. The third-order valence-electron chi connectivity index (χ3n) is 15.5. The molecular weight excluding hydrogens is 939 g/mol. The number of aryl methyl sites for hydroxylation is 2. The van der Waals surface area contributed by atoms with E-state index in [0.717, 1.165) is 56.3 Å². The van der Waals surface area contributed by atoms with Crippen molar-refractivity contribution in [1.29, 1.82) is 0 Å². The fraction of sp³-hybridized carbons (Fsp3) is 0.746. The molecule has 0 aliphatic carbocycles. The number of allylic oxidation sites excluding steroid dienone is 4. The number of nitrogens with zero attached hydrogens (tertiary/aromatic N) is 2. The number of rotatable bonds is 54. The molecule has 0 saturated carbocycles. The minimum Gasteiger partial charge on any atom is -0.251 e. The van der Waals surface area contributed by atoms with E-state index in [-0.39, 0.29) is 16.5 Å². The van der Waals surface area contributed by atoms with E-state index >= 15 is 0 Å². The van der Waals surface area contributed by atoms with Crippen molar-refractivity contribution >= 4 is 22.8 Å². The molecule has 0 N–H and O–H groups in total. The van der Waals surface area contributed by atoms with Gasteiger partial charge in [0, 0.05) is 16.5 Å². The molecule has 0 aliphatic rings. The second-order valence-corrected chi connectivity index (χ2v) is 22.6. The number of hydrogen-bond donors (Lipinski definition) is 0. The molecule has 0 radical (unpaired) electrons. The SMILES string of the molecule is CCCCCCCCCCCCCCCCCCCC=CCCCc1ccccc1N=C(CCCC)C(CCCCC)=Nc1ccccc1CCCC=CCCCCCCCCCCCCCCCCCCC.[Ni]. The van der Waals surface area contributed by atoms with Crippen molar-refractivity contribution in [2.24, 2.45) is 9.98 Å². The van der Waals surface area contributed by atoms with Crippen molar-refractivity contribution in [2.45, 2.75) is 342 Å². The Morgan fingerprint density at radius 1 is 0.284 bits per heavy atom. The van der Waals surface area contributed by atoms with Crippen LogP contribution in [-0.4, -0.2) is 11.4 Å². The largest absolute Gasteiger partial charge is 0.251 e. The van der Waals surface area contributed by atoms with Crippen molar-refractivity contribution in [2.75, 3.05) is 0 Å². The number of benzene rings is 2. The van der Waals surface area contributed by atoms with Crippen molar-refractivity contribution in [3.05, 3.63) is 84.0 Å². The predicted molar refractivity (Wildman–Crippen MR) is 332 cm³/mol. The number of para-hydroxylation sites is 2. The van der Waals surface area contributed by atoms with Crippen molar-refractivity contribution < 1.29 is 16.5 Å². The zero-order valence-corrected chi connectivity index (χ0v) is 50.8. The van der Waals surface area contributed by atoms with Crippen LogP contribution in [0.15, 0.2) is 82.8 Å². The van der Waals surface area contributed by atoms with Gasteiger partial charge in [0.2, 0.25) is 0 Å². The van der Waals surface area contributed by atoms with Gasteiger partial charge in [-0.3, -0.25) is 9.98 Å². The Labute approximate surface area is 472 Å². The van der Waals surface area contributed by atoms with E-state index in [9.17, 15) is 0 Å². The fourth-order valence-corrected chi connectivity index (χ4v) is 10.6. The van der Waals surface area contributed by atoms with Gasteiger partial charge in [0.25, 0.3) is 0 Å². The van der Waals surface area contributed by atoms with Gasteiger partial charge in [-0.05, 0) is 113 Å². The minimum absolute atomic E-state index is 0. The van der Waals surface area contributed by atoms with E-state index in [1.54, 1.807) is 0 Å². The van der Waals surface area contributed by atoms with E-state index < -0.39 is 0 Å². The molecule has 0 amide bonds. The van der Waals surface area contributed by atoms with Crippen molar-refractivity contribution in [3.8, 4) is 0 Å². The van der Waals surface area contributed by atoms with Gasteiger partial charge in [-0.2, -0.15) is 0 Å². The maximum Gasteiger partial charge on any atom is 0.0665 e. The zero-order valence-electron chi connectivity index (χ0n) is 49.8. The molecule has 0 aliphatic heterocycles. The quantitative estimate of drug-likeness (QED) is 0.0273. The van der Waals surface area contributed by atoms with Crippen molar-refractivity contribution in [1.82, 2.24) is 0 Å². The molecule has 0 saturated heterocycles. The normalized spacial score (nSPS) is 12.2. The summed E-state index contributed by atoms with van der Waals surface area (Å²) < 4.78 is 0. The van der Waals surface area contributed by atoms with Crippen LogP contribution in [0.5, 0.6) is 0 Å². The molecule has 0 bridgehead atoms. The van der Waals surface area contributed by atoms with E-state index in [1.165, 1.54) is 292 Å². The van der Waals surface area contributed by atoms with E-state index in [0.29, 0.717) is 0 Å². The molecule has 0 fully saturated rings. The molecule has 2 nitrogen and oxygen atoms in total. The average Bonchev–Trinajstić information content (AvgIpc) is 3.41. The van der Waals surface area contributed by atoms with Crippen LogP contribution in [0.2, 0.25) is 0 Å². The first-order valence-electron chi connectivity index (χ1n) is 32.8. The number of hydrogen-bond acceptors (Lipinski definition) is 2. The summed E-state index contributed by atoms with van der Waals surface area (Å²) in [7, 11) is 0. The van der Waals surface area contributed by atoms with Crippen LogP contribution in [-0.2, 0) is 29.3 Å². The van der Waals surface area contributed by atoms with Gasteiger partial charge in [-0.1, -0.05) is 313 Å². The standard InChI is InChI=1S/C71H122N2.Ni/c1-5-9-13-15-17-19-21-23-25-27-29-31-33-35-37-39-41-43-45-47-49-52-58-66-60-54-56-63-68(66)72-70(62-12-8-4)71(65-51-11-7-3)73-69-64-57-55-61-67(69)59-53-50-48-46-44-42-40-38-36-34-32-30-28-26-24-22-20-18-16-14-10-6-2;/h45-48,54-57,60-61,63-64H,5-44,49-53,58-59,62,65H2,1-4H3;. The fourth-order valence-electron chi connectivity index (χ4n) is 10.6. The Morgan fingerprint density at radius 3 is 0.838 bits per heavy atom. The molecular formula is C71H122N2Ni. The Morgan fingerprint density at radius 2 is 0.527 bits per heavy atom. The summed E-state index contributed by atoms with van der Waals surface area (Å²) in [5.41, 5.74) is 7.49.